The molecule has 0 unspecified atom stereocenters. The highest BCUT2D eigenvalue weighted by atomic mass is 16.5. The summed E-state index contributed by atoms with van der Waals surface area (Å²) in [6.45, 7) is 5.01. The summed E-state index contributed by atoms with van der Waals surface area (Å²) in [7, 11) is 0. The number of aromatic nitrogens is 4. The number of pyridine rings is 1. The zero-order valence-electron chi connectivity index (χ0n) is 12.8. The fourth-order valence-electron chi connectivity index (χ4n) is 2.52. The summed E-state index contributed by atoms with van der Waals surface area (Å²) >= 11 is 0. The Morgan fingerprint density at radius 3 is 3.05 bits per heavy atom. The van der Waals surface area contributed by atoms with Crippen LogP contribution < -0.4 is 10.1 Å². The first-order chi connectivity index (χ1) is 10.7. The molecular weight excluding hydrogens is 282 g/mol. The van der Waals surface area contributed by atoms with E-state index < -0.39 is 0 Å². The molecular formula is C15H19N5O2. The molecule has 2 aromatic rings. The molecule has 1 amide bonds. The van der Waals surface area contributed by atoms with Gasteiger partial charge in [-0.3, -0.25) is 14.7 Å². The normalized spacial score (nSPS) is 13.5. The molecule has 0 saturated carbocycles. The topological polar surface area (TPSA) is 81.9 Å². The minimum Gasteiger partial charge on any atom is -0.477 e. The minimum absolute atomic E-state index is 0.281. The first kappa shape index (κ1) is 14.5. The van der Waals surface area contributed by atoms with Gasteiger partial charge in [0.2, 0.25) is 11.8 Å². The Hall–Kier alpha value is -2.44. The van der Waals surface area contributed by atoms with Crippen LogP contribution in [0, 0.1) is 6.92 Å². The number of amides is 1. The summed E-state index contributed by atoms with van der Waals surface area (Å²) in [5.74, 6) is 1.48. The van der Waals surface area contributed by atoms with E-state index in [1.165, 1.54) is 0 Å². The van der Waals surface area contributed by atoms with Crippen molar-refractivity contribution in [2.45, 2.75) is 39.7 Å². The van der Waals surface area contributed by atoms with Gasteiger partial charge in [-0.2, -0.15) is 0 Å². The molecule has 0 aromatic carbocycles. The molecule has 0 spiro atoms. The number of rotatable bonds is 4. The maximum atomic E-state index is 12.5. The minimum atomic E-state index is -0.281. The van der Waals surface area contributed by atoms with Gasteiger partial charge in [-0.1, -0.05) is 0 Å². The lowest BCUT2D eigenvalue weighted by Gasteiger charge is -2.15. The molecule has 0 saturated heterocycles. The highest BCUT2D eigenvalue weighted by molar-refractivity contribution is 6.05. The van der Waals surface area contributed by atoms with E-state index in [-0.39, 0.29) is 5.91 Å². The van der Waals surface area contributed by atoms with E-state index in [0.29, 0.717) is 24.0 Å². The molecule has 1 N–H and O–H groups in total. The molecule has 1 aliphatic rings. The third-order valence-corrected chi connectivity index (χ3v) is 3.61. The van der Waals surface area contributed by atoms with E-state index >= 15 is 0 Å². The smallest absolute Gasteiger partial charge is 0.263 e. The molecule has 116 valence electrons. The van der Waals surface area contributed by atoms with Gasteiger partial charge in [0, 0.05) is 18.7 Å². The molecule has 0 radical (unpaired) electrons. The van der Waals surface area contributed by atoms with E-state index in [2.05, 4.69) is 20.5 Å². The first-order valence-corrected chi connectivity index (χ1v) is 7.53. The van der Waals surface area contributed by atoms with Gasteiger partial charge in [0.05, 0.1) is 6.61 Å². The van der Waals surface area contributed by atoms with Crippen molar-refractivity contribution in [3.05, 3.63) is 29.2 Å². The molecule has 1 aliphatic heterocycles. The summed E-state index contributed by atoms with van der Waals surface area (Å²) in [6.07, 6.45) is 3.09. The van der Waals surface area contributed by atoms with E-state index in [9.17, 15) is 4.79 Å². The molecule has 3 rings (SSSR count). The zero-order chi connectivity index (χ0) is 15.5. The molecule has 7 heteroatoms. The van der Waals surface area contributed by atoms with Gasteiger partial charge in [0.25, 0.3) is 5.91 Å². The summed E-state index contributed by atoms with van der Waals surface area (Å²) in [5.41, 5.74) is 1.21. The fraction of sp³-hybridized carbons (Fsp3) is 0.467. The lowest BCUT2D eigenvalue weighted by molar-refractivity contribution is 0.102. The predicted octanol–water partition coefficient (Wildman–Crippen LogP) is 1.97. The van der Waals surface area contributed by atoms with Crippen molar-refractivity contribution in [3.63, 3.8) is 0 Å². The van der Waals surface area contributed by atoms with Crippen LogP contribution in [-0.2, 0) is 13.0 Å². The maximum absolute atomic E-state index is 12.5. The second-order valence-electron chi connectivity index (χ2n) is 5.24. The fourth-order valence-corrected chi connectivity index (χ4v) is 2.52. The molecule has 0 aliphatic carbocycles. The summed E-state index contributed by atoms with van der Waals surface area (Å²) in [6, 6.07) is 3.51. The number of ether oxygens (including phenoxy) is 1. The van der Waals surface area contributed by atoms with Crippen molar-refractivity contribution in [1.82, 2.24) is 19.7 Å². The Balaban J connectivity index is 1.84. The van der Waals surface area contributed by atoms with Crippen molar-refractivity contribution in [2.24, 2.45) is 0 Å². The maximum Gasteiger partial charge on any atom is 0.263 e. The van der Waals surface area contributed by atoms with E-state index in [0.717, 1.165) is 37.3 Å². The van der Waals surface area contributed by atoms with Crippen LogP contribution in [0.25, 0.3) is 0 Å². The standard InChI is InChI=1S/C15H19N5O2/c1-3-22-14-11(8-7-10(2)16-14)13(21)17-15-19-18-12-6-4-5-9-20(12)15/h7-8H,3-6,9H2,1-2H3,(H,17,19,21). The zero-order valence-corrected chi connectivity index (χ0v) is 12.8. The molecule has 2 aromatic heterocycles. The average Bonchev–Trinajstić information content (AvgIpc) is 2.91. The van der Waals surface area contributed by atoms with Gasteiger partial charge < -0.3 is 4.74 Å². The Labute approximate surface area is 128 Å². The van der Waals surface area contributed by atoms with Crippen LogP contribution in [-0.4, -0.2) is 32.3 Å². The monoisotopic (exact) mass is 301 g/mol. The van der Waals surface area contributed by atoms with Gasteiger partial charge in [-0.05, 0) is 38.8 Å². The van der Waals surface area contributed by atoms with Gasteiger partial charge in [0.15, 0.2) is 0 Å². The molecule has 22 heavy (non-hydrogen) atoms. The lowest BCUT2D eigenvalue weighted by Crippen LogP contribution is -2.19. The SMILES string of the molecule is CCOc1nc(C)ccc1C(=O)Nc1nnc2n1CCCC2. The largest absolute Gasteiger partial charge is 0.477 e. The molecule has 0 bridgehead atoms. The van der Waals surface area contributed by atoms with Crippen LogP contribution in [0.5, 0.6) is 5.88 Å². The lowest BCUT2D eigenvalue weighted by atomic mass is 10.2. The van der Waals surface area contributed by atoms with Crippen LogP contribution >= 0.6 is 0 Å². The number of aryl methyl sites for hydroxylation is 2. The number of nitrogens with one attached hydrogen (secondary N) is 1. The number of nitrogens with zero attached hydrogens (tertiary/aromatic N) is 4. The quantitative estimate of drug-likeness (QED) is 0.933. The Bertz CT molecular complexity index is 695. The average molecular weight is 301 g/mol. The first-order valence-electron chi connectivity index (χ1n) is 7.53. The van der Waals surface area contributed by atoms with E-state index in [1.54, 1.807) is 12.1 Å². The highest BCUT2D eigenvalue weighted by Gasteiger charge is 2.20. The summed E-state index contributed by atoms with van der Waals surface area (Å²) in [4.78, 5) is 16.8. The van der Waals surface area contributed by atoms with E-state index in [1.807, 2.05) is 18.4 Å². The number of carbonyl (C=O) groups excluding carboxylic acids is 1. The molecule has 7 nitrogen and oxygen atoms in total. The Morgan fingerprint density at radius 2 is 2.23 bits per heavy atom. The van der Waals surface area contributed by atoms with Gasteiger partial charge in [0.1, 0.15) is 11.4 Å². The molecule has 0 fully saturated rings. The number of hydrogen-bond acceptors (Lipinski definition) is 5. The number of hydrogen-bond donors (Lipinski definition) is 1. The molecule has 3 heterocycles. The second kappa shape index (κ2) is 6.13. The van der Waals surface area contributed by atoms with Crippen LogP contribution in [0.4, 0.5) is 5.95 Å². The third-order valence-electron chi connectivity index (χ3n) is 3.61. The number of fused-ring (bicyclic) bond motifs is 1. The Morgan fingerprint density at radius 1 is 1.36 bits per heavy atom. The van der Waals surface area contributed by atoms with Gasteiger partial charge in [-0.25, -0.2) is 4.98 Å². The van der Waals surface area contributed by atoms with Crippen LogP contribution in [0.15, 0.2) is 12.1 Å². The molecule has 0 atom stereocenters. The summed E-state index contributed by atoms with van der Waals surface area (Å²) < 4.78 is 7.42. The van der Waals surface area contributed by atoms with Gasteiger partial charge in [-0.15, -0.1) is 10.2 Å². The highest BCUT2D eigenvalue weighted by Crippen LogP contribution is 2.20. The van der Waals surface area contributed by atoms with Crippen molar-refractivity contribution < 1.29 is 9.53 Å². The van der Waals surface area contributed by atoms with Crippen LogP contribution in [0.1, 0.15) is 41.6 Å². The predicted molar refractivity (Wildman–Crippen MR) is 81.1 cm³/mol. The van der Waals surface area contributed by atoms with Crippen molar-refractivity contribution in [1.29, 1.82) is 0 Å². The van der Waals surface area contributed by atoms with Crippen molar-refractivity contribution in [3.8, 4) is 5.88 Å². The summed E-state index contributed by atoms with van der Waals surface area (Å²) in [5, 5.41) is 11.0. The van der Waals surface area contributed by atoms with Crippen LogP contribution in [0.2, 0.25) is 0 Å². The second-order valence-corrected chi connectivity index (χ2v) is 5.24. The van der Waals surface area contributed by atoms with Gasteiger partial charge >= 0.3 is 0 Å². The van der Waals surface area contributed by atoms with Crippen molar-refractivity contribution in [2.75, 3.05) is 11.9 Å². The van der Waals surface area contributed by atoms with E-state index in [4.69, 9.17) is 4.74 Å². The number of carbonyl (C=O) groups is 1. The Kier molecular flexibility index (Phi) is 4.04. The van der Waals surface area contributed by atoms with Crippen LogP contribution in [0.3, 0.4) is 0 Å². The number of anilines is 1. The van der Waals surface area contributed by atoms with Crippen molar-refractivity contribution >= 4 is 11.9 Å². The third kappa shape index (κ3) is 2.79.